The average Bonchev–Trinajstić information content (AvgIpc) is 2.41. The lowest BCUT2D eigenvalue weighted by molar-refractivity contribution is -0.384. The summed E-state index contributed by atoms with van der Waals surface area (Å²) < 4.78 is 25.8. The first-order valence-corrected chi connectivity index (χ1v) is 5.97. The fraction of sp³-hybridized carbons (Fsp3) is 0.0769. The lowest BCUT2D eigenvalue weighted by atomic mass is 10.2. The Morgan fingerprint density at radius 1 is 1.15 bits per heavy atom. The lowest BCUT2D eigenvalue weighted by Crippen LogP contribution is -2.01. The predicted molar refractivity (Wildman–Crippen MR) is 71.8 cm³/mol. The highest BCUT2D eigenvalue weighted by Crippen LogP contribution is 2.27. The van der Waals surface area contributed by atoms with Crippen molar-refractivity contribution in [2.24, 2.45) is 0 Å². The Bertz CT molecular complexity index is 665. The van der Waals surface area contributed by atoms with Crippen molar-refractivity contribution in [3.8, 4) is 0 Å². The van der Waals surface area contributed by atoms with Gasteiger partial charge in [-0.25, -0.2) is 8.78 Å². The van der Waals surface area contributed by atoms with Crippen molar-refractivity contribution < 1.29 is 13.7 Å². The Kier molecular flexibility index (Phi) is 4.14. The summed E-state index contributed by atoms with van der Waals surface area (Å²) in [5, 5.41) is 13.6. The molecule has 0 saturated heterocycles. The van der Waals surface area contributed by atoms with Crippen LogP contribution in [-0.4, -0.2) is 4.92 Å². The number of nitro groups is 1. The first kappa shape index (κ1) is 14.2. The smallest absolute Gasteiger partial charge is 0.271 e. The molecule has 0 spiro atoms. The maximum Gasteiger partial charge on any atom is 0.271 e. The van der Waals surface area contributed by atoms with Gasteiger partial charge >= 0.3 is 0 Å². The van der Waals surface area contributed by atoms with Gasteiger partial charge in [0.25, 0.3) is 5.69 Å². The number of nitrogens with one attached hydrogen (secondary N) is 1. The molecule has 1 N–H and O–H groups in total. The maximum atomic E-state index is 13.0. The number of rotatable bonds is 4. The molecule has 0 radical (unpaired) electrons. The van der Waals surface area contributed by atoms with Gasteiger partial charge in [0, 0.05) is 18.7 Å². The number of halogens is 3. The number of non-ortho nitro benzene ring substituents is 1. The molecule has 0 atom stereocenters. The molecule has 0 aliphatic carbocycles. The van der Waals surface area contributed by atoms with Crippen LogP contribution in [0.3, 0.4) is 0 Å². The minimum Gasteiger partial charge on any atom is -0.380 e. The van der Waals surface area contributed by atoms with E-state index in [0.29, 0.717) is 11.3 Å². The van der Waals surface area contributed by atoms with Crippen LogP contribution in [0.15, 0.2) is 36.4 Å². The van der Waals surface area contributed by atoms with Crippen molar-refractivity contribution in [1.29, 1.82) is 0 Å². The molecule has 7 heteroatoms. The van der Waals surface area contributed by atoms with Crippen molar-refractivity contribution in [3.05, 3.63) is 68.7 Å². The van der Waals surface area contributed by atoms with Crippen molar-refractivity contribution in [2.45, 2.75) is 6.54 Å². The third-order valence-corrected chi connectivity index (χ3v) is 2.94. The molecular weight excluding hydrogens is 290 g/mol. The topological polar surface area (TPSA) is 55.2 Å². The normalized spacial score (nSPS) is 10.3. The van der Waals surface area contributed by atoms with Crippen LogP contribution in [0.5, 0.6) is 0 Å². The molecule has 0 aromatic heterocycles. The van der Waals surface area contributed by atoms with E-state index in [-0.39, 0.29) is 17.3 Å². The van der Waals surface area contributed by atoms with E-state index in [1.165, 1.54) is 24.3 Å². The molecule has 2 aromatic rings. The monoisotopic (exact) mass is 298 g/mol. The molecule has 20 heavy (non-hydrogen) atoms. The molecule has 0 aliphatic heterocycles. The van der Waals surface area contributed by atoms with Crippen LogP contribution in [0.1, 0.15) is 5.56 Å². The van der Waals surface area contributed by atoms with Crippen molar-refractivity contribution >= 4 is 23.0 Å². The molecule has 0 bridgehead atoms. The Hall–Kier alpha value is -2.21. The summed E-state index contributed by atoms with van der Waals surface area (Å²) in [6.07, 6.45) is 0. The highest BCUT2D eigenvalue weighted by Gasteiger charge is 2.09. The molecule has 0 saturated carbocycles. The molecule has 0 fully saturated rings. The second-order valence-electron chi connectivity index (χ2n) is 4.02. The molecular formula is C13H9ClF2N2O2. The Morgan fingerprint density at radius 2 is 1.90 bits per heavy atom. The molecule has 0 aliphatic rings. The van der Waals surface area contributed by atoms with Crippen LogP contribution in [0, 0.1) is 21.7 Å². The maximum absolute atomic E-state index is 13.0. The quantitative estimate of drug-likeness (QED) is 0.682. The minimum atomic E-state index is -0.931. The van der Waals surface area contributed by atoms with E-state index in [4.69, 9.17) is 11.6 Å². The number of nitrogens with zero attached hydrogens (tertiary/aromatic N) is 1. The van der Waals surface area contributed by atoms with Crippen LogP contribution in [0.25, 0.3) is 0 Å². The van der Waals surface area contributed by atoms with Gasteiger partial charge in [0.2, 0.25) is 0 Å². The molecule has 2 aromatic carbocycles. The van der Waals surface area contributed by atoms with Gasteiger partial charge in [-0.05, 0) is 23.8 Å². The first-order valence-electron chi connectivity index (χ1n) is 5.59. The van der Waals surface area contributed by atoms with Crippen molar-refractivity contribution in [3.63, 3.8) is 0 Å². The van der Waals surface area contributed by atoms with E-state index in [2.05, 4.69) is 5.32 Å². The van der Waals surface area contributed by atoms with E-state index < -0.39 is 16.6 Å². The van der Waals surface area contributed by atoms with Gasteiger partial charge < -0.3 is 5.32 Å². The van der Waals surface area contributed by atoms with E-state index in [1.807, 2.05) is 0 Å². The Balaban J connectivity index is 2.10. The zero-order valence-corrected chi connectivity index (χ0v) is 10.8. The summed E-state index contributed by atoms with van der Waals surface area (Å²) >= 11 is 5.90. The van der Waals surface area contributed by atoms with Crippen LogP contribution in [-0.2, 0) is 6.54 Å². The number of hydrogen-bond acceptors (Lipinski definition) is 3. The first-order chi connectivity index (χ1) is 9.47. The lowest BCUT2D eigenvalue weighted by Gasteiger charge is -2.08. The highest BCUT2D eigenvalue weighted by atomic mass is 35.5. The summed E-state index contributed by atoms with van der Waals surface area (Å²) in [6.45, 7) is 0.217. The largest absolute Gasteiger partial charge is 0.380 e. The minimum absolute atomic E-state index is 0.117. The fourth-order valence-corrected chi connectivity index (χ4v) is 1.85. The van der Waals surface area contributed by atoms with E-state index in [0.717, 1.165) is 12.1 Å². The Morgan fingerprint density at radius 3 is 2.50 bits per heavy atom. The summed E-state index contributed by atoms with van der Waals surface area (Å²) in [5.41, 5.74) is 0.883. The molecule has 2 rings (SSSR count). The third-order valence-electron chi connectivity index (χ3n) is 2.63. The summed E-state index contributed by atoms with van der Waals surface area (Å²) in [4.78, 5) is 10.0. The van der Waals surface area contributed by atoms with Crippen LogP contribution >= 0.6 is 11.6 Å². The average molecular weight is 299 g/mol. The zero-order valence-electron chi connectivity index (χ0n) is 10.1. The summed E-state index contributed by atoms with van der Waals surface area (Å²) in [5.74, 6) is -1.85. The van der Waals surface area contributed by atoms with Crippen molar-refractivity contribution in [1.82, 2.24) is 0 Å². The van der Waals surface area contributed by atoms with Gasteiger partial charge in [0.15, 0.2) is 11.6 Å². The van der Waals surface area contributed by atoms with Gasteiger partial charge in [0.1, 0.15) is 0 Å². The zero-order chi connectivity index (χ0) is 14.7. The fourth-order valence-electron chi connectivity index (χ4n) is 1.61. The third kappa shape index (κ3) is 3.21. The van der Waals surface area contributed by atoms with E-state index in [9.17, 15) is 18.9 Å². The van der Waals surface area contributed by atoms with Gasteiger partial charge in [-0.2, -0.15) is 0 Å². The van der Waals surface area contributed by atoms with Gasteiger partial charge in [-0.1, -0.05) is 17.7 Å². The Labute approximate surface area is 118 Å². The summed E-state index contributed by atoms with van der Waals surface area (Å²) in [6, 6.07) is 7.52. The molecule has 104 valence electrons. The van der Waals surface area contributed by atoms with E-state index >= 15 is 0 Å². The molecule has 4 nitrogen and oxygen atoms in total. The van der Waals surface area contributed by atoms with E-state index in [1.54, 1.807) is 0 Å². The predicted octanol–water partition coefficient (Wildman–Crippen LogP) is 4.14. The number of hydrogen-bond donors (Lipinski definition) is 1. The van der Waals surface area contributed by atoms with Gasteiger partial charge in [-0.3, -0.25) is 10.1 Å². The summed E-state index contributed by atoms with van der Waals surface area (Å²) in [7, 11) is 0. The molecule has 0 unspecified atom stereocenters. The standard InChI is InChI=1S/C13H9ClF2N2O2/c14-10-6-9(18(19)20)2-4-13(10)17-7-8-1-3-11(15)12(16)5-8/h1-6,17H,7H2. The highest BCUT2D eigenvalue weighted by molar-refractivity contribution is 6.33. The van der Waals surface area contributed by atoms with Crippen LogP contribution < -0.4 is 5.32 Å². The number of benzene rings is 2. The van der Waals surface area contributed by atoms with Gasteiger partial charge in [-0.15, -0.1) is 0 Å². The molecule has 0 amide bonds. The number of anilines is 1. The number of nitro benzene ring substituents is 1. The second-order valence-corrected chi connectivity index (χ2v) is 4.43. The van der Waals surface area contributed by atoms with Crippen molar-refractivity contribution in [2.75, 3.05) is 5.32 Å². The molecule has 0 heterocycles. The van der Waals surface area contributed by atoms with Gasteiger partial charge in [0.05, 0.1) is 15.6 Å². The SMILES string of the molecule is O=[N+]([O-])c1ccc(NCc2ccc(F)c(F)c2)c(Cl)c1. The second kappa shape index (κ2) is 5.83. The van der Waals surface area contributed by atoms with Crippen LogP contribution in [0.4, 0.5) is 20.2 Å². The van der Waals surface area contributed by atoms with Crippen LogP contribution in [0.2, 0.25) is 5.02 Å².